The number of sulfonamides is 1. The van der Waals surface area contributed by atoms with Crippen LogP contribution in [-0.2, 0) is 10.0 Å². The fraction of sp³-hybridized carbons (Fsp3) is 0.562. The van der Waals surface area contributed by atoms with Crippen LogP contribution in [0, 0.1) is 5.92 Å². The quantitative estimate of drug-likeness (QED) is 0.785. The Bertz CT molecular complexity index is 604. The predicted octanol–water partition coefficient (Wildman–Crippen LogP) is 2.11. The Hall–Kier alpha value is -1.24. The van der Waals surface area contributed by atoms with Gasteiger partial charge >= 0.3 is 0 Å². The van der Waals surface area contributed by atoms with E-state index in [1.54, 1.807) is 0 Å². The van der Waals surface area contributed by atoms with E-state index in [9.17, 15) is 18.3 Å². The van der Waals surface area contributed by atoms with Gasteiger partial charge < -0.3 is 5.11 Å². The lowest BCUT2D eigenvalue weighted by Crippen LogP contribution is -2.37. The van der Waals surface area contributed by atoms with Gasteiger partial charge in [0.2, 0.25) is 10.0 Å². The van der Waals surface area contributed by atoms with Gasteiger partial charge in [-0.1, -0.05) is 31.4 Å². The first kappa shape index (κ1) is 17.1. The molecule has 1 aliphatic carbocycles. The third-order valence-electron chi connectivity index (χ3n) is 4.25. The Morgan fingerprint density at radius 2 is 1.82 bits per heavy atom. The lowest BCUT2D eigenvalue weighted by atomic mass is 9.85. The summed E-state index contributed by atoms with van der Waals surface area (Å²) in [5, 5.41) is 10.1. The van der Waals surface area contributed by atoms with Crippen molar-refractivity contribution >= 4 is 15.8 Å². The summed E-state index contributed by atoms with van der Waals surface area (Å²) in [6.45, 7) is 1.46. The molecule has 22 heavy (non-hydrogen) atoms. The van der Waals surface area contributed by atoms with Crippen LogP contribution in [-0.4, -0.2) is 32.0 Å². The van der Waals surface area contributed by atoms with Crippen LogP contribution in [0.25, 0.3) is 0 Å². The Kier molecular flexibility index (Phi) is 5.72. The van der Waals surface area contributed by atoms with E-state index in [2.05, 4.69) is 4.72 Å². The van der Waals surface area contributed by atoms with Crippen LogP contribution in [0.3, 0.4) is 0 Å². The van der Waals surface area contributed by atoms with Gasteiger partial charge in [0.15, 0.2) is 5.78 Å². The third kappa shape index (κ3) is 4.38. The number of aliphatic hydroxyl groups excluding tert-OH is 1. The molecule has 5 nitrogen and oxygen atoms in total. The topological polar surface area (TPSA) is 83.5 Å². The summed E-state index contributed by atoms with van der Waals surface area (Å²) in [7, 11) is -3.66. The van der Waals surface area contributed by atoms with Crippen molar-refractivity contribution in [2.75, 3.05) is 6.54 Å². The number of benzene rings is 1. The highest BCUT2D eigenvalue weighted by molar-refractivity contribution is 7.89. The molecule has 0 spiro atoms. The van der Waals surface area contributed by atoms with Crippen LogP contribution in [0.4, 0.5) is 0 Å². The number of carbonyl (C=O) groups excluding carboxylic acids is 1. The molecule has 1 aromatic carbocycles. The fourth-order valence-corrected chi connectivity index (χ4v) is 3.88. The summed E-state index contributed by atoms with van der Waals surface area (Å²) in [6.07, 6.45) is 4.65. The summed E-state index contributed by atoms with van der Waals surface area (Å²) in [5.41, 5.74) is 0.473. The lowest BCUT2D eigenvalue weighted by Gasteiger charge is -2.26. The predicted molar refractivity (Wildman–Crippen MR) is 84.2 cm³/mol. The summed E-state index contributed by atoms with van der Waals surface area (Å²) in [4.78, 5) is 11.3. The van der Waals surface area contributed by atoms with Gasteiger partial charge in [-0.25, -0.2) is 13.1 Å². The average molecular weight is 325 g/mol. The van der Waals surface area contributed by atoms with Crippen molar-refractivity contribution in [1.82, 2.24) is 4.72 Å². The molecule has 0 aliphatic heterocycles. The number of aliphatic hydroxyl groups is 1. The van der Waals surface area contributed by atoms with E-state index in [4.69, 9.17) is 0 Å². The van der Waals surface area contributed by atoms with E-state index >= 15 is 0 Å². The summed E-state index contributed by atoms with van der Waals surface area (Å²) in [5.74, 6) is 0.0705. The zero-order valence-electron chi connectivity index (χ0n) is 12.8. The highest BCUT2D eigenvalue weighted by Gasteiger charge is 2.23. The van der Waals surface area contributed by atoms with Gasteiger partial charge in [-0.15, -0.1) is 0 Å². The fourth-order valence-electron chi connectivity index (χ4n) is 2.83. The average Bonchev–Trinajstić information content (AvgIpc) is 2.53. The maximum Gasteiger partial charge on any atom is 0.240 e. The number of nitrogens with one attached hydrogen (secondary N) is 1. The van der Waals surface area contributed by atoms with Crippen LogP contribution in [0.2, 0.25) is 0 Å². The Morgan fingerprint density at radius 1 is 1.23 bits per heavy atom. The maximum atomic E-state index is 12.2. The number of rotatable bonds is 6. The second kappa shape index (κ2) is 7.35. The number of ketones is 1. The molecule has 0 radical (unpaired) electrons. The zero-order chi connectivity index (χ0) is 16.2. The van der Waals surface area contributed by atoms with Crippen molar-refractivity contribution in [3.05, 3.63) is 29.8 Å². The highest BCUT2D eigenvalue weighted by Crippen LogP contribution is 2.26. The number of carbonyl (C=O) groups is 1. The van der Waals surface area contributed by atoms with Crippen molar-refractivity contribution in [2.45, 2.75) is 50.0 Å². The van der Waals surface area contributed by atoms with E-state index in [0.717, 1.165) is 25.7 Å². The Labute approximate surface area is 131 Å². The molecule has 0 unspecified atom stereocenters. The SMILES string of the molecule is CC(=O)c1ccc(S(=O)(=O)NC[C@H](O)C2CCCCC2)cc1. The molecule has 1 fully saturated rings. The van der Waals surface area contributed by atoms with Crippen molar-refractivity contribution in [3.63, 3.8) is 0 Å². The number of Topliss-reactive ketones (excluding diaryl/α,β-unsaturated/α-hetero) is 1. The minimum atomic E-state index is -3.66. The largest absolute Gasteiger partial charge is 0.391 e. The molecule has 0 saturated heterocycles. The second-order valence-electron chi connectivity index (χ2n) is 5.90. The van der Waals surface area contributed by atoms with Crippen LogP contribution in [0.1, 0.15) is 49.4 Å². The molecule has 1 aromatic rings. The number of hydrogen-bond donors (Lipinski definition) is 2. The summed E-state index contributed by atoms with van der Waals surface area (Å²) < 4.78 is 26.8. The molecule has 1 atom stereocenters. The van der Waals surface area contributed by atoms with Gasteiger partial charge in [-0.2, -0.15) is 0 Å². The monoisotopic (exact) mass is 325 g/mol. The first-order valence-electron chi connectivity index (χ1n) is 7.69. The van der Waals surface area contributed by atoms with E-state index in [-0.39, 0.29) is 23.1 Å². The minimum Gasteiger partial charge on any atom is -0.391 e. The summed E-state index contributed by atoms with van der Waals surface area (Å²) in [6, 6.07) is 5.81. The zero-order valence-corrected chi connectivity index (χ0v) is 13.6. The lowest BCUT2D eigenvalue weighted by molar-refractivity contribution is 0.0888. The second-order valence-corrected chi connectivity index (χ2v) is 7.66. The highest BCUT2D eigenvalue weighted by atomic mass is 32.2. The smallest absolute Gasteiger partial charge is 0.240 e. The Morgan fingerprint density at radius 3 is 2.36 bits per heavy atom. The van der Waals surface area contributed by atoms with Crippen LogP contribution >= 0.6 is 0 Å². The van der Waals surface area contributed by atoms with Crippen molar-refractivity contribution in [3.8, 4) is 0 Å². The molecular formula is C16H23NO4S. The van der Waals surface area contributed by atoms with E-state index in [1.165, 1.54) is 37.6 Å². The molecule has 2 rings (SSSR count). The molecule has 1 aliphatic rings. The van der Waals surface area contributed by atoms with Gasteiger partial charge in [0.05, 0.1) is 11.0 Å². The van der Waals surface area contributed by atoms with Crippen LogP contribution in [0.15, 0.2) is 29.2 Å². The Balaban J connectivity index is 1.96. The molecule has 1 saturated carbocycles. The molecule has 0 amide bonds. The normalized spacial score (nSPS) is 18.1. The van der Waals surface area contributed by atoms with Gasteiger partial charge in [-0.05, 0) is 37.8 Å². The molecule has 2 N–H and O–H groups in total. The van der Waals surface area contributed by atoms with E-state index in [1.807, 2.05) is 0 Å². The molecule has 6 heteroatoms. The summed E-state index contributed by atoms with van der Waals surface area (Å²) >= 11 is 0. The van der Waals surface area contributed by atoms with Gasteiger partial charge in [0.25, 0.3) is 0 Å². The van der Waals surface area contributed by atoms with Crippen molar-refractivity contribution in [1.29, 1.82) is 0 Å². The molecule has 122 valence electrons. The standard InChI is InChI=1S/C16H23NO4S/c1-12(18)13-7-9-15(10-8-13)22(20,21)17-11-16(19)14-5-3-2-4-6-14/h7-10,14,16-17,19H,2-6,11H2,1H3/t16-/m0/s1. The van der Waals surface area contributed by atoms with Gasteiger partial charge in [-0.3, -0.25) is 4.79 Å². The first-order chi connectivity index (χ1) is 10.4. The molecule has 0 aromatic heterocycles. The van der Waals surface area contributed by atoms with Gasteiger partial charge in [0, 0.05) is 12.1 Å². The molecular weight excluding hydrogens is 302 g/mol. The van der Waals surface area contributed by atoms with Gasteiger partial charge in [0.1, 0.15) is 0 Å². The van der Waals surface area contributed by atoms with Crippen LogP contribution in [0.5, 0.6) is 0 Å². The van der Waals surface area contributed by atoms with E-state index < -0.39 is 16.1 Å². The van der Waals surface area contributed by atoms with Crippen molar-refractivity contribution < 1.29 is 18.3 Å². The van der Waals surface area contributed by atoms with E-state index in [0.29, 0.717) is 5.56 Å². The maximum absolute atomic E-state index is 12.2. The number of hydrogen-bond acceptors (Lipinski definition) is 4. The molecule has 0 heterocycles. The minimum absolute atomic E-state index is 0.0292. The first-order valence-corrected chi connectivity index (χ1v) is 9.17. The van der Waals surface area contributed by atoms with Crippen molar-refractivity contribution in [2.24, 2.45) is 5.92 Å². The molecule has 0 bridgehead atoms. The third-order valence-corrected chi connectivity index (χ3v) is 5.69. The van der Waals surface area contributed by atoms with Crippen LogP contribution < -0.4 is 4.72 Å².